The fourth-order valence-corrected chi connectivity index (χ4v) is 2.44. The zero-order valence-corrected chi connectivity index (χ0v) is 9.22. The van der Waals surface area contributed by atoms with E-state index in [4.69, 9.17) is 11.6 Å². The molecule has 0 amide bonds. The van der Waals surface area contributed by atoms with E-state index < -0.39 is 6.10 Å². The van der Waals surface area contributed by atoms with E-state index in [1.165, 1.54) is 11.3 Å². The lowest BCUT2D eigenvalue weighted by atomic mass is 10.2. The second-order valence-electron chi connectivity index (χ2n) is 3.09. The van der Waals surface area contributed by atoms with Crippen molar-refractivity contribution in [1.82, 2.24) is 4.57 Å². The van der Waals surface area contributed by atoms with Gasteiger partial charge in [0, 0.05) is 18.1 Å². The Bertz CT molecular complexity index is 435. The molecule has 0 saturated carbocycles. The average molecular weight is 228 g/mol. The molecule has 74 valence electrons. The molecule has 0 aromatic carbocycles. The van der Waals surface area contributed by atoms with Gasteiger partial charge in [-0.2, -0.15) is 0 Å². The summed E-state index contributed by atoms with van der Waals surface area (Å²) in [7, 11) is 1.91. The monoisotopic (exact) mass is 227 g/mol. The molecule has 0 aliphatic carbocycles. The second kappa shape index (κ2) is 3.77. The molecule has 1 unspecified atom stereocenters. The maximum absolute atomic E-state index is 10.0. The van der Waals surface area contributed by atoms with Gasteiger partial charge in [0.05, 0.1) is 10.0 Å². The standard InChI is InChI=1S/C10H10ClNOS/c1-12-6-2-3-7(12)10(13)8-4-5-9(11)14-8/h2-6,10,13H,1H3. The van der Waals surface area contributed by atoms with Crippen LogP contribution in [-0.4, -0.2) is 9.67 Å². The predicted octanol–water partition coefficient (Wildman–Crippen LogP) is 2.82. The topological polar surface area (TPSA) is 25.2 Å². The minimum Gasteiger partial charge on any atom is -0.381 e. The van der Waals surface area contributed by atoms with E-state index in [-0.39, 0.29) is 0 Å². The Morgan fingerprint density at radius 3 is 2.71 bits per heavy atom. The van der Waals surface area contributed by atoms with E-state index in [1.54, 1.807) is 6.07 Å². The van der Waals surface area contributed by atoms with Crippen molar-refractivity contribution in [3.8, 4) is 0 Å². The quantitative estimate of drug-likeness (QED) is 0.839. The normalized spacial score (nSPS) is 13.1. The lowest BCUT2D eigenvalue weighted by Crippen LogP contribution is -2.02. The van der Waals surface area contributed by atoms with Crippen LogP contribution < -0.4 is 0 Å². The minimum absolute atomic E-state index is 0.576. The van der Waals surface area contributed by atoms with E-state index in [9.17, 15) is 5.11 Å². The van der Waals surface area contributed by atoms with Crippen LogP contribution in [-0.2, 0) is 7.05 Å². The molecule has 2 aromatic heterocycles. The number of nitrogens with zero attached hydrogens (tertiary/aromatic N) is 1. The molecule has 0 radical (unpaired) electrons. The molecule has 0 aliphatic rings. The van der Waals surface area contributed by atoms with Crippen LogP contribution in [0.3, 0.4) is 0 Å². The maximum Gasteiger partial charge on any atom is 0.128 e. The Morgan fingerprint density at radius 1 is 1.43 bits per heavy atom. The van der Waals surface area contributed by atoms with Crippen LogP contribution in [0.5, 0.6) is 0 Å². The van der Waals surface area contributed by atoms with Crippen LogP contribution in [0.25, 0.3) is 0 Å². The predicted molar refractivity (Wildman–Crippen MR) is 58.8 cm³/mol. The lowest BCUT2D eigenvalue weighted by molar-refractivity contribution is 0.215. The number of aryl methyl sites for hydroxylation is 1. The number of rotatable bonds is 2. The number of aliphatic hydroxyl groups excluding tert-OH is 1. The summed E-state index contributed by atoms with van der Waals surface area (Å²) in [5, 5.41) is 10.0. The molecule has 2 aromatic rings. The van der Waals surface area contributed by atoms with E-state index in [0.717, 1.165) is 10.6 Å². The van der Waals surface area contributed by atoms with Crippen molar-refractivity contribution in [2.24, 2.45) is 7.05 Å². The van der Waals surface area contributed by atoms with Gasteiger partial charge < -0.3 is 9.67 Å². The molecule has 14 heavy (non-hydrogen) atoms. The van der Waals surface area contributed by atoms with Crippen molar-refractivity contribution in [3.63, 3.8) is 0 Å². The van der Waals surface area contributed by atoms with Crippen LogP contribution in [0.15, 0.2) is 30.5 Å². The first-order valence-electron chi connectivity index (χ1n) is 4.23. The van der Waals surface area contributed by atoms with Crippen LogP contribution in [0.2, 0.25) is 4.34 Å². The van der Waals surface area contributed by atoms with Gasteiger partial charge in [-0.3, -0.25) is 0 Å². The van der Waals surface area contributed by atoms with Gasteiger partial charge in [0.25, 0.3) is 0 Å². The van der Waals surface area contributed by atoms with Crippen LogP contribution in [0.1, 0.15) is 16.7 Å². The number of halogens is 1. The Kier molecular flexibility index (Phi) is 2.63. The molecule has 2 rings (SSSR count). The minimum atomic E-state index is -0.576. The zero-order chi connectivity index (χ0) is 10.1. The molecule has 4 heteroatoms. The molecular formula is C10H10ClNOS. The molecule has 1 N–H and O–H groups in total. The van der Waals surface area contributed by atoms with E-state index in [1.807, 2.05) is 36.0 Å². The highest BCUT2D eigenvalue weighted by molar-refractivity contribution is 7.16. The van der Waals surface area contributed by atoms with Crippen molar-refractivity contribution in [1.29, 1.82) is 0 Å². The largest absolute Gasteiger partial charge is 0.381 e. The highest BCUT2D eigenvalue weighted by Gasteiger charge is 2.14. The highest BCUT2D eigenvalue weighted by Crippen LogP contribution is 2.30. The van der Waals surface area contributed by atoms with Gasteiger partial charge in [0.15, 0.2) is 0 Å². The lowest BCUT2D eigenvalue weighted by Gasteiger charge is -2.09. The van der Waals surface area contributed by atoms with Crippen LogP contribution in [0.4, 0.5) is 0 Å². The van der Waals surface area contributed by atoms with Gasteiger partial charge in [-0.25, -0.2) is 0 Å². The third kappa shape index (κ3) is 1.71. The van der Waals surface area contributed by atoms with Crippen LogP contribution >= 0.6 is 22.9 Å². The Labute approximate surface area is 91.4 Å². The van der Waals surface area contributed by atoms with Gasteiger partial charge in [-0.1, -0.05) is 11.6 Å². The summed E-state index contributed by atoms with van der Waals surface area (Å²) >= 11 is 7.21. The number of hydrogen-bond donors (Lipinski definition) is 1. The molecule has 1 atom stereocenters. The van der Waals surface area contributed by atoms with E-state index in [2.05, 4.69) is 0 Å². The first-order valence-corrected chi connectivity index (χ1v) is 5.42. The smallest absolute Gasteiger partial charge is 0.128 e. The Hall–Kier alpha value is -0.770. The zero-order valence-electron chi connectivity index (χ0n) is 7.64. The first kappa shape index (κ1) is 9.77. The summed E-state index contributed by atoms with van der Waals surface area (Å²) in [4.78, 5) is 0.872. The Balaban J connectivity index is 2.33. The third-order valence-corrected chi connectivity index (χ3v) is 3.41. The SMILES string of the molecule is Cn1cccc1C(O)c1ccc(Cl)s1. The molecule has 0 fully saturated rings. The average Bonchev–Trinajstić information content (AvgIpc) is 2.73. The van der Waals surface area contributed by atoms with Crippen molar-refractivity contribution in [2.75, 3.05) is 0 Å². The first-order chi connectivity index (χ1) is 6.68. The number of thiophene rings is 1. The summed E-state index contributed by atoms with van der Waals surface area (Å²) in [5.74, 6) is 0. The fraction of sp³-hybridized carbons (Fsp3) is 0.200. The van der Waals surface area contributed by atoms with Crippen molar-refractivity contribution >= 4 is 22.9 Å². The summed E-state index contributed by atoms with van der Waals surface area (Å²) < 4.78 is 2.60. The number of aliphatic hydroxyl groups is 1. The summed E-state index contributed by atoms with van der Waals surface area (Å²) in [6, 6.07) is 7.46. The van der Waals surface area contributed by atoms with Crippen molar-refractivity contribution < 1.29 is 5.11 Å². The van der Waals surface area contributed by atoms with Gasteiger partial charge in [0.1, 0.15) is 6.10 Å². The fourth-order valence-electron chi connectivity index (χ4n) is 1.38. The molecule has 0 bridgehead atoms. The van der Waals surface area contributed by atoms with Crippen LogP contribution in [0, 0.1) is 0 Å². The summed E-state index contributed by atoms with van der Waals surface area (Å²) in [6.07, 6.45) is 1.33. The van der Waals surface area contributed by atoms with Gasteiger partial charge >= 0.3 is 0 Å². The molecule has 0 spiro atoms. The molecule has 0 aliphatic heterocycles. The van der Waals surface area contributed by atoms with Crippen molar-refractivity contribution in [3.05, 3.63) is 45.4 Å². The number of hydrogen-bond acceptors (Lipinski definition) is 2. The van der Waals surface area contributed by atoms with E-state index >= 15 is 0 Å². The summed E-state index contributed by atoms with van der Waals surface area (Å²) in [5.41, 5.74) is 0.878. The molecular weight excluding hydrogens is 218 g/mol. The molecule has 2 nitrogen and oxygen atoms in total. The van der Waals surface area contributed by atoms with Gasteiger partial charge in [0.2, 0.25) is 0 Å². The van der Waals surface area contributed by atoms with Crippen molar-refractivity contribution in [2.45, 2.75) is 6.10 Å². The number of aromatic nitrogens is 1. The Morgan fingerprint density at radius 2 is 2.21 bits per heavy atom. The third-order valence-electron chi connectivity index (χ3n) is 2.13. The van der Waals surface area contributed by atoms with Gasteiger partial charge in [-0.05, 0) is 24.3 Å². The molecule has 0 saturated heterocycles. The summed E-state index contributed by atoms with van der Waals surface area (Å²) in [6.45, 7) is 0. The van der Waals surface area contributed by atoms with Gasteiger partial charge in [-0.15, -0.1) is 11.3 Å². The highest BCUT2D eigenvalue weighted by atomic mass is 35.5. The maximum atomic E-state index is 10.0. The second-order valence-corrected chi connectivity index (χ2v) is 4.84. The van der Waals surface area contributed by atoms with E-state index in [0.29, 0.717) is 4.34 Å². The molecule has 2 heterocycles.